The number of likely N-dealkylation sites (N-methyl/N-ethyl adjacent to an activating group) is 1. The number of anilines is 1. The first-order valence-electron chi connectivity index (χ1n) is 9.73. The Morgan fingerprint density at radius 2 is 1.76 bits per heavy atom. The van der Waals surface area contributed by atoms with Crippen LogP contribution < -0.4 is 5.32 Å². The van der Waals surface area contributed by atoms with Crippen LogP contribution in [-0.2, 0) is 4.79 Å². The number of hydrogen-bond acceptors (Lipinski definition) is 5. The normalized spacial score (nSPS) is 12.2. The molecule has 1 amide bonds. The Hall–Kier alpha value is -2.99. The lowest BCUT2D eigenvalue weighted by Crippen LogP contribution is -2.32. The first-order valence-corrected chi connectivity index (χ1v) is 9.73. The standard InChI is InChI=1S/C23H28N4O2/c1-14-8-7-9-19(12-14)23-26-25-22(29-23)18(5)27(6)13-20(28)24-21-16(3)10-15(2)11-17(21)4/h7-12,18H,13H2,1-6H3,(H,24,28)/t18-/m0/s1. The molecular formula is C23H28N4O2. The fraction of sp³-hybridized carbons (Fsp3) is 0.348. The summed E-state index contributed by atoms with van der Waals surface area (Å²) in [5, 5.41) is 11.4. The number of nitrogens with one attached hydrogen (secondary N) is 1. The predicted octanol–water partition coefficient (Wildman–Crippen LogP) is 4.60. The zero-order valence-electron chi connectivity index (χ0n) is 17.9. The second kappa shape index (κ2) is 8.57. The Balaban J connectivity index is 1.66. The van der Waals surface area contributed by atoms with Crippen molar-refractivity contribution < 1.29 is 9.21 Å². The quantitative estimate of drug-likeness (QED) is 0.664. The molecule has 1 N–H and O–H groups in total. The molecule has 0 radical (unpaired) electrons. The molecule has 3 aromatic rings. The third kappa shape index (κ3) is 4.90. The highest BCUT2D eigenvalue weighted by molar-refractivity contribution is 5.93. The van der Waals surface area contributed by atoms with E-state index in [0.29, 0.717) is 11.8 Å². The van der Waals surface area contributed by atoms with Gasteiger partial charge in [-0.3, -0.25) is 9.69 Å². The molecule has 0 unspecified atom stereocenters. The zero-order valence-corrected chi connectivity index (χ0v) is 17.9. The summed E-state index contributed by atoms with van der Waals surface area (Å²) in [5.41, 5.74) is 6.20. The number of aryl methyl sites for hydroxylation is 4. The molecule has 0 spiro atoms. The van der Waals surface area contributed by atoms with Crippen molar-refractivity contribution in [3.63, 3.8) is 0 Å². The first-order chi connectivity index (χ1) is 13.7. The largest absolute Gasteiger partial charge is 0.419 e. The Labute approximate surface area is 172 Å². The van der Waals surface area contributed by atoms with Gasteiger partial charge in [-0.15, -0.1) is 10.2 Å². The number of carbonyl (C=O) groups excluding carboxylic acids is 1. The number of hydrogen-bond donors (Lipinski definition) is 1. The molecule has 0 fully saturated rings. The van der Waals surface area contributed by atoms with E-state index in [4.69, 9.17) is 4.42 Å². The van der Waals surface area contributed by atoms with Gasteiger partial charge in [-0.05, 0) is 64.9 Å². The second-order valence-electron chi connectivity index (χ2n) is 7.73. The zero-order chi connectivity index (χ0) is 21.1. The molecular weight excluding hydrogens is 364 g/mol. The number of amides is 1. The van der Waals surface area contributed by atoms with Gasteiger partial charge >= 0.3 is 0 Å². The lowest BCUT2D eigenvalue weighted by molar-refractivity contribution is -0.117. The molecule has 0 saturated carbocycles. The van der Waals surface area contributed by atoms with Crippen LogP contribution in [0, 0.1) is 27.7 Å². The van der Waals surface area contributed by atoms with Gasteiger partial charge < -0.3 is 9.73 Å². The Bertz CT molecular complexity index is 1000. The Morgan fingerprint density at radius 1 is 1.07 bits per heavy atom. The van der Waals surface area contributed by atoms with Crippen LogP contribution in [-0.4, -0.2) is 34.6 Å². The van der Waals surface area contributed by atoms with Crippen LogP contribution in [0.4, 0.5) is 5.69 Å². The van der Waals surface area contributed by atoms with Gasteiger partial charge in [-0.25, -0.2) is 0 Å². The summed E-state index contributed by atoms with van der Waals surface area (Å²) in [6, 6.07) is 11.9. The molecule has 1 atom stereocenters. The van der Waals surface area contributed by atoms with Gasteiger partial charge in [-0.1, -0.05) is 35.4 Å². The molecule has 29 heavy (non-hydrogen) atoms. The van der Waals surface area contributed by atoms with Crippen LogP contribution in [0.5, 0.6) is 0 Å². The van der Waals surface area contributed by atoms with Crippen LogP contribution in [0.1, 0.15) is 41.1 Å². The average Bonchev–Trinajstić information content (AvgIpc) is 3.14. The molecule has 0 bridgehead atoms. The van der Waals surface area contributed by atoms with Crippen LogP contribution >= 0.6 is 0 Å². The lowest BCUT2D eigenvalue weighted by atomic mass is 10.1. The molecule has 2 aromatic carbocycles. The summed E-state index contributed by atoms with van der Waals surface area (Å²) >= 11 is 0. The van der Waals surface area contributed by atoms with Crippen molar-refractivity contribution in [3.05, 3.63) is 64.5 Å². The van der Waals surface area contributed by atoms with Gasteiger partial charge in [-0.2, -0.15) is 0 Å². The third-order valence-corrected chi connectivity index (χ3v) is 5.06. The number of benzene rings is 2. The maximum absolute atomic E-state index is 12.6. The summed E-state index contributed by atoms with van der Waals surface area (Å²) < 4.78 is 5.86. The lowest BCUT2D eigenvalue weighted by Gasteiger charge is -2.22. The molecule has 0 aliphatic rings. The minimum absolute atomic E-state index is 0.0761. The van der Waals surface area contributed by atoms with Crippen LogP contribution in [0.15, 0.2) is 40.8 Å². The number of carbonyl (C=O) groups is 1. The monoisotopic (exact) mass is 392 g/mol. The van der Waals surface area contributed by atoms with Crippen LogP contribution in [0.3, 0.4) is 0 Å². The maximum atomic E-state index is 12.6. The van der Waals surface area contributed by atoms with Crippen molar-refractivity contribution >= 4 is 11.6 Å². The van der Waals surface area contributed by atoms with E-state index < -0.39 is 0 Å². The van der Waals surface area contributed by atoms with E-state index in [1.807, 2.05) is 63.9 Å². The summed E-state index contributed by atoms with van der Waals surface area (Å²) in [7, 11) is 1.87. The topological polar surface area (TPSA) is 71.3 Å². The fourth-order valence-corrected chi connectivity index (χ4v) is 3.41. The van der Waals surface area contributed by atoms with Gasteiger partial charge in [0.1, 0.15) is 0 Å². The smallest absolute Gasteiger partial charge is 0.247 e. The first kappa shape index (κ1) is 20.7. The second-order valence-corrected chi connectivity index (χ2v) is 7.73. The number of rotatable bonds is 6. The van der Waals surface area contributed by atoms with Gasteiger partial charge in [0.15, 0.2) is 0 Å². The molecule has 0 saturated heterocycles. The van der Waals surface area contributed by atoms with Crippen LogP contribution in [0.25, 0.3) is 11.5 Å². The van der Waals surface area contributed by atoms with E-state index in [1.54, 1.807) is 0 Å². The van der Waals surface area contributed by atoms with E-state index in [2.05, 4.69) is 34.6 Å². The number of aromatic nitrogens is 2. The van der Waals surface area contributed by atoms with Crippen molar-refractivity contribution in [1.82, 2.24) is 15.1 Å². The van der Waals surface area contributed by atoms with E-state index in [1.165, 1.54) is 5.56 Å². The Kier molecular flexibility index (Phi) is 6.13. The van der Waals surface area contributed by atoms with Crippen molar-refractivity contribution in [3.8, 4) is 11.5 Å². The highest BCUT2D eigenvalue weighted by Crippen LogP contribution is 2.25. The molecule has 1 aromatic heterocycles. The fourth-order valence-electron chi connectivity index (χ4n) is 3.41. The van der Waals surface area contributed by atoms with Gasteiger partial charge in [0.2, 0.25) is 17.7 Å². The van der Waals surface area contributed by atoms with Crippen molar-refractivity contribution in [1.29, 1.82) is 0 Å². The van der Waals surface area contributed by atoms with Crippen molar-refractivity contribution in [2.75, 3.05) is 18.9 Å². The average molecular weight is 393 g/mol. The molecule has 3 rings (SSSR count). The van der Waals surface area contributed by atoms with Gasteiger partial charge in [0.25, 0.3) is 0 Å². The molecule has 6 heteroatoms. The molecule has 0 aliphatic heterocycles. The maximum Gasteiger partial charge on any atom is 0.247 e. The highest BCUT2D eigenvalue weighted by Gasteiger charge is 2.21. The van der Waals surface area contributed by atoms with Crippen molar-refractivity contribution in [2.45, 2.75) is 40.7 Å². The molecule has 152 valence electrons. The summed E-state index contributed by atoms with van der Waals surface area (Å²) in [5.74, 6) is 0.895. The van der Waals surface area contributed by atoms with Crippen LogP contribution in [0.2, 0.25) is 0 Å². The van der Waals surface area contributed by atoms with Gasteiger partial charge in [0.05, 0.1) is 12.6 Å². The predicted molar refractivity (Wildman–Crippen MR) is 115 cm³/mol. The SMILES string of the molecule is Cc1cccc(-c2nnc([C@H](C)N(C)CC(=O)Nc3c(C)cc(C)cc3C)o2)c1. The van der Waals surface area contributed by atoms with E-state index in [-0.39, 0.29) is 18.5 Å². The third-order valence-electron chi connectivity index (χ3n) is 5.06. The summed E-state index contributed by atoms with van der Waals surface area (Å²) in [4.78, 5) is 14.5. The number of nitrogens with zero attached hydrogens (tertiary/aromatic N) is 3. The molecule has 1 heterocycles. The molecule has 6 nitrogen and oxygen atoms in total. The minimum atomic E-state index is -0.188. The Morgan fingerprint density at radius 3 is 2.41 bits per heavy atom. The van der Waals surface area contributed by atoms with Gasteiger partial charge in [0, 0.05) is 11.3 Å². The van der Waals surface area contributed by atoms with Crippen molar-refractivity contribution in [2.24, 2.45) is 0 Å². The summed E-state index contributed by atoms with van der Waals surface area (Å²) in [6.45, 7) is 10.3. The minimum Gasteiger partial charge on any atom is -0.419 e. The highest BCUT2D eigenvalue weighted by atomic mass is 16.4. The summed E-state index contributed by atoms with van der Waals surface area (Å²) in [6.07, 6.45) is 0. The van der Waals surface area contributed by atoms with E-state index in [0.717, 1.165) is 27.9 Å². The van der Waals surface area contributed by atoms with E-state index >= 15 is 0 Å². The van der Waals surface area contributed by atoms with E-state index in [9.17, 15) is 4.79 Å². The molecule has 0 aliphatic carbocycles.